The summed E-state index contributed by atoms with van der Waals surface area (Å²) in [6, 6.07) is 10.3. The fourth-order valence-electron chi connectivity index (χ4n) is 2.68. The van der Waals surface area contributed by atoms with Crippen molar-refractivity contribution in [3.05, 3.63) is 60.3 Å². The molecule has 10 heteroatoms. The lowest BCUT2D eigenvalue weighted by molar-refractivity contribution is 0.0409. The number of ether oxygens (including phenoxy) is 1. The predicted molar refractivity (Wildman–Crippen MR) is 103 cm³/mol. The molecule has 0 saturated carbocycles. The van der Waals surface area contributed by atoms with E-state index in [0.717, 1.165) is 27.5 Å². The van der Waals surface area contributed by atoms with Gasteiger partial charge in [0.15, 0.2) is 5.65 Å². The number of aliphatic hydroxyl groups excluding tert-OH is 1. The van der Waals surface area contributed by atoms with Crippen molar-refractivity contribution in [3.8, 4) is 0 Å². The maximum absolute atomic E-state index is 8.75. The molecular weight excluding hydrogens is 378 g/mol. The van der Waals surface area contributed by atoms with Crippen LogP contribution in [0.2, 0.25) is 0 Å². The Morgan fingerprint density at radius 2 is 2.04 bits per heavy atom. The molecule has 0 aliphatic heterocycles. The van der Waals surface area contributed by atoms with E-state index in [0.29, 0.717) is 6.54 Å². The van der Waals surface area contributed by atoms with E-state index in [1.807, 2.05) is 18.2 Å². The van der Waals surface area contributed by atoms with Gasteiger partial charge in [0, 0.05) is 5.75 Å². The van der Waals surface area contributed by atoms with Gasteiger partial charge in [-0.1, -0.05) is 35.5 Å². The van der Waals surface area contributed by atoms with Crippen molar-refractivity contribution in [3.63, 3.8) is 0 Å². The smallest absolute Gasteiger partial charge is 0.162 e. The predicted octanol–water partition coefficient (Wildman–Crippen LogP) is 1.72. The molecule has 0 radical (unpaired) electrons. The average molecular weight is 397 g/mol. The van der Waals surface area contributed by atoms with E-state index in [1.165, 1.54) is 5.56 Å². The standard InChI is InChI=1S/C18H19N7O2S/c26-6-7-27-13-24-9-15(22-23-24)10-25-17-16(8-21-25)18(20-12-19-17)28-11-14-4-2-1-3-5-14/h1-5,8-9,12,26H,6-7,10-11,13H2. The highest BCUT2D eigenvalue weighted by Crippen LogP contribution is 2.27. The summed E-state index contributed by atoms with van der Waals surface area (Å²) in [5.41, 5.74) is 2.75. The van der Waals surface area contributed by atoms with E-state index in [9.17, 15) is 0 Å². The maximum Gasteiger partial charge on any atom is 0.162 e. The molecular formula is C18H19N7O2S. The summed E-state index contributed by atoms with van der Waals surface area (Å²) in [7, 11) is 0. The maximum atomic E-state index is 8.75. The van der Waals surface area contributed by atoms with E-state index >= 15 is 0 Å². The van der Waals surface area contributed by atoms with Gasteiger partial charge in [-0.2, -0.15) is 5.10 Å². The van der Waals surface area contributed by atoms with E-state index in [-0.39, 0.29) is 19.9 Å². The summed E-state index contributed by atoms with van der Waals surface area (Å²) in [6.07, 6.45) is 5.14. The number of aliphatic hydroxyl groups is 1. The Morgan fingerprint density at radius 1 is 1.14 bits per heavy atom. The number of benzene rings is 1. The molecule has 0 amide bonds. The summed E-state index contributed by atoms with van der Waals surface area (Å²) in [6.45, 7) is 0.934. The fourth-order valence-corrected chi connectivity index (χ4v) is 3.60. The second kappa shape index (κ2) is 8.91. The Labute approximate surface area is 165 Å². The summed E-state index contributed by atoms with van der Waals surface area (Å²) in [4.78, 5) is 8.81. The van der Waals surface area contributed by atoms with Crippen LogP contribution in [0.25, 0.3) is 11.0 Å². The van der Waals surface area contributed by atoms with Gasteiger partial charge >= 0.3 is 0 Å². The molecule has 0 atom stereocenters. The molecule has 3 aromatic heterocycles. The molecule has 0 bridgehead atoms. The van der Waals surface area contributed by atoms with Crippen LogP contribution in [0.1, 0.15) is 11.3 Å². The topological polar surface area (TPSA) is 104 Å². The molecule has 4 rings (SSSR count). The van der Waals surface area contributed by atoms with Gasteiger partial charge in [0.2, 0.25) is 0 Å². The third-order valence-electron chi connectivity index (χ3n) is 3.97. The largest absolute Gasteiger partial charge is 0.394 e. The molecule has 0 fully saturated rings. The Morgan fingerprint density at radius 3 is 2.89 bits per heavy atom. The number of hydrogen-bond donors (Lipinski definition) is 1. The second-order valence-corrected chi connectivity index (χ2v) is 6.97. The van der Waals surface area contributed by atoms with Crippen molar-refractivity contribution >= 4 is 22.8 Å². The molecule has 0 unspecified atom stereocenters. The molecule has 3 heterocycles. The molecule has 144 valence electrons. The molecule has 0 aliphatic rings. The van der Waals surface area contributed by atoms with E-state index in [4.69, 9.17) is 9.84 Å². The quantitative estimate of drug-likeness (QED) is 0.259. The first-order valence-electron chi connectivity index (χ1n) is 8.74. The molecule has 9 nitrogen and oxygen atoms in total. The Bertz CT molecular complexity index is 1030. The lowest BCUT2D eigenvalue weighted by Crippen LogP contribution is -2.06. The van der Waals surface area contributed by atoms with Crippen LogP contribution in [0.5, 0.6) is 0 Å². The number of aromatic nitrogens is 7. The van der Waals surface area contributed by atoms with Crippen LogP contribution in [-0.4, -0.2) is 53.1 Å². The summed E-state index contributed by atoms with van der Waals surface area (Å²) < 4.78 is 8.59. The van der Waals surface area contributed by atoms with Crippen molar-refractivity contribution in [2.45, 2.75) is 24.1 Å². The zero-order valence-corrected chi connectivity index (χ0v) is 15.9. The normalized spacial score (nSPS) is 11.3. The van der Waals surface area contributed by atoms with Crippen molar-refractivity contribution in [2.75, 3.05) is 13.2 Å². The van der Waals surface area contributed by atoms with Crippen LogP contribution in [0, 0.1) is 0 Å². The van der Waals surface area contributed by atoms with Crippen LogP contribution in [0.3, 0.4) is 0 Å². The van der Waals surface area contributed by atoms with Crippen molar-refractivity contribution in [1.29, 1.82) is 0 Å². The Balaban J connectivity index is 1.47. The van der Waals surface area contributed by atoms with E-state index < -0.39 is 0 Å². The van der Waals surface area contributed by atoms with Crippen LogP contribution < -0.4 is 0 Å². The minimum atomic E-state index is -0.0227. The molecule has 0 aliphatic carbocycles. The summed E-state index contributed by atoms with van der Waals surface area (Å²) in [5, 5.41) is 23.2. The van der Waals surface area contributed by atoms with Crippen molar-refractivity contribution < 1.29 is 9.84 Å². The Kier molecular flexibility index (Phi) is 5.90. The van der Waals surface area contributed by atoms with Gasteiger partial charge in [0.05, 0.1) is 37.5 Å². The van der Waals surface area contributed by atoms with Crippen molar-refractivity contribution in [1.82, 2.24) is 34.7 Å². The second-order valence-electron chi connectivity index (χ2n) is 6.00. The minimum absolute atomic E-state index is 0.0227. The lowest BCUT2D eigenvalue weighted by Gasteiger charge is -2.03. The van der Waals surface area contributed by atoms with Gasteiger partial charge < -0.3 is 9.84 Å². The van der Waals surface area contributed by atoms with Gasteiger partial charge in [0.1, 0.15) is 23.8 Å². The zero-order chi connectivity index (χ0) is 19.2. The van der Waals surface area contributed by atoms with Gasteiger partial charge in [-0.15, -0.1) is 16.9 Å². The number of fused-ring (bicyclic) bond motifs is 1. The number of thioether (sulfide) groups is 1. The molecule has 1 aromatic carbocycles. The molecule has 28 heavy (non-hydrogen) atoms. The van der Waals surface area contributed by atoms with Crippen LogP contribution in [0.15, 0.2) is 54.1 Å². The zero-order valence-electron chi connectivity index (χ0n) is 15.0. The fraction of sp³-hybridized carbons (Fsp3) is 0.278. The van der Waals surface area contributed by atoms with Crippen LogP contribution in [-0.2, 0) is 23.8 Å². The van der Waals surface area contributed by atoms with Gasteiger partial charge in [-0.05, 0) is 5.56 Å². The number of nitrogens with zero attached hydrogens (tertiary/aromatic N) is 7. The number of hydrogen-bond acceptors (Lipinski definition) is 8. The lowest BCUT2D eigenvalue weighted by atomic mass is 10.2. The van der Waals surface area contributed by atoms with Gasteiger partial charge in [-0.25, -0.2) is 19.3 Å². The molecule has 0 spiro atoms. The first kappa shape index (κ1) is 18.5. The van der Waals surface area contributed by atoms with E-state index in [2.05, 4.69) is 37.5 Å². The molecule has 1 N–H and O–H groups in total. The van der Waals surface area contributed by atoms with Gasteiger partial charge in [0.25, 0.3) is 0 Å². The van der Waals surface area contributed by atoms with E-state index in [1.54, 1.807) is 39.8 Å². The van der Waals surface area contributed by atoms with Crippen LogP contribution >= 0.6 is 11.8 Å². The SMILES string of the molecule is OCCOCn1cc(Cn2ncc3c(SCc4ccccc4)ncnc32)nn1. The average Bonchev–Trinajstić information content (AvgIpc) is 3.35. The third kappa shape index (κ3) is 4.35. The summed E-state index contributed by atoms with van der Waals surface area (Å²) in [5.74, 6) is 0.834. The minimum Gasteiger partial charge on any atom is -0.394 e. The molecule has 4 aromatic rings. The molecule has 0 saturated heterocycles. The highest BCUT2D eigenvalue weighted by atomic mass is 32.2. The monoisotopic (exact) mass is 397 g/mol. The van der Waals surface area contributed by atoms with Crippen molar-refractivity contribution in [2.24, 2.45) is 0 Å². The highest BCUT2D eigenvalue weighted by Gasteiger charge is 2.12. The first-order valence-corrected chi connectivity index (χ1v) is 9.73. The van der Waals surface area contributed by atoms with Gasteiger partial charge in [-0.3, -0.25) is 0 Å². The van der Waals surface area contributed by atoms with Crippen LogP contribution in [0.4, 0.5) is 0 Å². The number of rotatable bonds is 9. The third-order valence-corrected chi connectivity index (χ3v) is 5.05. The highest BCUT2D eigenvalue weighted by molar-refractivity contribution is 7.98. The Hall–Kier alpha value is -2.82. The first-order chi connectivity index (χ1) is 13.8. The summed E-state index contributed by atoms with van der Waals surface area (Å²) >= 11 is 1.66.